The minimum atomic E-state index is -0.116. The van der Waals surface area contributed by atoms with Crippen molar-refractivity contribution in [2.45, 2.75) is 57.2 Å². The van der Waals surface area contributed by atoms with Crippen LogP contribution in [0.1, 0.15) is 60.0 Å². The van der Waals surface area contributed by atoms with Gasteiger partial charge < -0.3 is 0 Å². The van der Waals surface area contributed by atoms with Crippen LogP contribution >= 0.6 is 15.9 Å². The third-order valence-corrected chi connectivity index (χ3v) is 5.35. The quantitative estimate of drug-likeness (QED) is 0.474. The summed E-state index contributed by atoms with van der Waals surface area (Å²) >= 11 is 3.89. The highest BCUT2D eigenvalue weighted by Crippen LogP contribution is 2.41. The fourth-order valence-electron chi connectivity index (χ4n) is 3.20. The molecule has 1 aromatic carbocycles. The van der Waals surface area contributed by atoms with E-state index >= 15 is 0 Å². The van der Waals surface area contributed by atoms with E-state index in [0.717, 1.165) is 11.1 Å². The highest BCUT2D eigenvalue weighted by molar-refractivity contribution is 9.09. The van der Waals surface area contributed by atoms with Gasteiger partial charge >= 0.3 is 0 Å². The van der Waals surface area contributed by atoms with E-state index in [1.165, 1.54) is 44.1 Å². The largest absolute Gasteiger partial charge is 0.207 e. The summed E-state index contributed by atoms with van der Waals surface area (Å²) in [5.74, 6) is 0.588. The van der Waals surface area contributed by atoms with Gasteiger partial charge in [0.2, 0.25) is 0 Å². The van der Waals surface area contributed by atoms with Crippen LogP contribution in [0.3, 0.4) is 0 Å². The lowest BCUT2D eigenvalue weighted by molar-refractivity contribution is 0.452. The molecule has 0 aliphatic heterocycles. The Morgan fingerprint density at radius 3 is 2.06 bits per heavy atom. The first kappa shape index (κ1) is 14.0. The van der Waals surface area contributed by atoms with Gasteiger partial charge in [-0.05, 0) is 61.4 Å². The summed E-state index contributed by atoms with van der Waals surface area (Å²) in [5.41, 5.74) is 3.47. The summed E-state index contributed by atoms with van der Waals surface area (Å²) < 4.78 is 13.4. The zero-order valence-corrected chi connectivity index (χ0v) is 12.9. The minimum Gasteiger partial charge on any atom is -0.207 e. The minimum absolute atomic E-state index is 0.116. The fourth-order valence-corrected chi connectivity index (χ4v) is 4.45. The molecule has 0 nitrogen and oxygen atoms in total. The lowest BCUT2D eigenvalue weighted by Gasteiger charge is -2.24. The van der Waals surface area contributed by atoms with Crippen molar-refractivity contribution in [3.8, 4) is 0 Å². The van der Waals surface area contributed by atoms with Crippen LogP contribution in [0.25, 0.3) is 0 Å². The van der Waals surface area contributed by atoms with Crippen LogP contribution in [-0.4, -0.2) is 0 Å². The maximum Gasteiger partial charge on any atom is 0.123 e. The highest BCUT2D eigenvalue weighted by atomic mass is 79.9. The van der Waals surface area contributed by atoms with Crippen molar-refractivity contribution in [3.63, 3.8) is 0 Å². The number of aryl methyl sites for hydroxylation is 2. The average molecular weight is 313 g/mol. The molecule has 0 spiro atoms. The lowest BCUT2D eigenvalue weighted by atomic mass is 9.88. The molecule has 2 heteroatoms. The van der Waals surface area contributed by atoms with Crippen molar-refractivity contribution in [2.24, 2.45) is 5.92 Å². The van der Waals surface area contributed by atoms with E-state index in [1.54, 1.807) is 12.1 Å². The molecule has 1 atom stereocenters. The van der Waals surface area contributed by atoms with E-state index in [0.29, 0.717) is 10.7 Å². The Bertz CT molecular complexity index is 383. The SMILES string of the molecule is Cc1cc(F)cc(C)c1C(Br)C1CCCCCC1. The summed E-state index contributed by atoms with van der Waals surface area (Å²) in [7, 11) is 0. The van der Waals surface area contributed by atoms with Crippen LogP contribution in [0.2, 0.25) is 0 Å². The molecular weight excluding hydrogens is 291 g/mol. The molecule has 0 amide bonds. The molecule has 1 unspecified atom stereocenters. The van der Waals surface area contributed by atoms with Gasteiger partial charge in [-0.25, -0.2) is 4.39 Å². The molecule has 0 N–H and O–H groups in total. The van der Waals surface area contributed by atoms with Crippen molar-refractivity contribution in [2.75, 3.05) is 0 Å². The lowest BCUT2D eigenvalue weighted by Crippen LogP contribution is -2.10. The van der Waals surface area contributed by atoms with Gasteiger partial charge in [0.1, 0.15) is 5.82 Å². The maximum absolute atomic E-state index is 13.4. The maximum atomic E-state index is 13.4. The monoisotopic (exact) mass is 312 g/mol. The topological polar surface area (TPSA) is 0 Å². The van der Waals surface area contributed by atoms with Crippen LogP contribution in [0.5, 0.6) is 0 Å². The van der Waals surface area contributed by atoms with E-state index < -0.39 is 0 Å². The second kappa shape index (κ2) is 6.18. The molecule has 1 aliphatic rings. The summed E-state index contributed by atoms with van der Waals surface area (Å²) in [6.45, 7) is 4.05. The van der Waals surface area contributed by atoms with E-state index in [4.69, 9.17) is 0 Å². The first-order valence-electron chi connectivity index (χ1n) is 7.00. The predicted molar refractivity (Wildman–Crippen MR) is 78.7 cm³/mol. The first-order chi connectivity index (χ1) is 8.59. The number of alkyl halides is 1. The summed E-state index contributed by atoms with van der Waals surface area (Å²) in [6.07, 6.45) is 8.02. The summed E-state index contributed by atoms with van der Waals surface area (Å²) in [4.78, 5) is 0.385. The predicted octanol–water partition coefficient (Wildman–Crippen LogP) is 5.85. The second-order valence-corrected chi connectivity index (χ2v) is 6.59. The third kappa shape index (κ3) is 3.14. The number of halogens is 2. The van der Waals surface area contributed by atoms with Crippen molar-refractivity contribution < 1.29 is 4.39 Å². The van der Waals surface area contributed by atoms with Crippen LogP contribution in [0.15, 0.2) is 12.1 Å². The highest BCUT2D eigenvalue weighted by Gasteiger charge is 2.24. The van der Waals surface area contributed by atoms with Gasteiger partial charge in [0, 0.05) is 4.83 Å². The summed E-state index contributed by atoms with van der Waals surface area (Å²) in [6, 6.07) is 3.32. The van der Waals surface area contributed by atoms with Crippen molar-refractivity contribution in [3.05, 3.63) is 34.6 Å². The zero-order valence-electron chi connectivity index (χ0n) is 11.3. The van der Waals surface area contributed by atoms with Gasteiger partial charge in [0.15, 0.2) is 0 Å². The Labute approximate surface area is 118 Å². The Morgan fingerprint density at radius 2 is 1.56 bits per heavy atom. The fraction of sp³-hybridized carbons (Fsp3) is 0.625. The van der Waals surface area contributed by atoms with Crippen LogP contribution in [0.4, 0.5) is 4.39 Å². The van der Waals surface area contributed by atoms with E-state index in [9.17, 15) is 4.39 Å². The van der Waals surface area contributed by atoms with Crippen LogP contribution in [-0.2, 0) is 0 Å². The second-order valence-electron chi connectivity index (χ2n) is 5.61. The molecule has 1 aromatic rings. The Morgan fingerprint density at radius 1 is 1.06 bits per heavy atom. The van der Waals surface area contributed by atoms with Crippen LogP contribution in [0, 0.1) is 25.6 Å². The first-order valence-corrected chi connectivity index (χ1v) is 7.92. The molecule has 1 fully saturated rings. The molecule has 0 bridgehead atoms. The number of hydrogen-bond acceptors (Lipinski definition) is 0. The van der Waals surface area contributed by atoms with Gasteiger partial charge in [0.25, 0.3) is 0 Å². The smallest absolute Gasteiger partial charge is 0.123 e. The van der Waals surface area contributed by atoms with E-state index in [1.807, 2.05) is 13.8 Å². The number of benzene rings is 1. The molecule has 100 valence electrons. The zero-order chi connectivity index (χ0) is 13.1. The molecular formula is C16H22BrF. The Hall–Kier alpha value is -0.370. The number of hydrogen-bond donors (Lipinski definition) is 0. The van der Waals surface area contributed by atoms with Gasteiger partial charge in [-0.15, -0.1) is 0 Å². The standard InChI is InChI=1S/C16H22BrF/c1-11-9-14(18)10-12(2)15(11)16(17)13-7-5-3-4-6-8-13/h9-10,13,16H,3-8H2,1-2H3. The normalized spacial score (nSPS) is 19.6. The molecule has 0 radical (unpaired) electrons. The van der Waals surface area contributed by atoms with Crippen LogP contribution < -0.4 is 0 Å². The average Bonchev–Trinajstić information content (AvgIpc) is 2.55. The van der Waals surface area contributed by atoms with E-state index in [2.05, 4.69) is 15.9 Å². The molecule has 1 saturated carbocycles. The molecule has 0 heterocycles. The van der Waals surface area contributed by atoms with Gasteiger partial charge in [-0.2, -0.15) is 0 Å². The van der Waals surface area contributed by atoms with Gasteiger partial charge in [0.05, 0.1) is 0 Å². The molecule has 1 aliphatic carbocycles. The Balaban J connectivity index is 2.24. The molecule has 2 rings (SSSR count). The van der Waals surface area contributed by atoms with Gasteiger partial charge in [-0.1, -0.05) is 41.6 Å². The van der Waals surface area contributed by atoms with Crippen molar-refractivity contribution in [1.82, 2.24) is 0 Å². The molecule has 18 heavy (non-hydrogen) atoms. The summed E-state index contributed by atoms with van der Waals surface area (Å²) in [5, 5.41) is 0. The van der Waals surface area contributed by atoms with Crippen molar-refractivity contribution in [1.29, 1.82) is 0 Å². The third-order valence-electron chi connectivity index (χ3n) is 4.15. The van der Waals surface area contributed by atoms with Crippen molar-refractivity contribution >= 4 is 15.9 Å². The molecule has 0 saturated heterocycles. The van der Waals surface area contributed by atoms with E-state index in [-0.39, 0.29) is 5.82 Å². The van der Waals surface area contributed by atoms with Gasteiger partial charge in [-0.3, -0.25) is 0 Å². The Kier molecular flexibility index (Phi) is 4.83. The molecule has 0 aromatic heterocycles. The number of rotatable bonds is 2.